The van der Waals surface area contributed by atoms with Crippen molar-refractivity contribution < 1.29 is 18.9 Å². The van der Waals surface area contributed by atoms with Gasteiger partial charge in [-0.2, -0.15) is 0 Å². The van der Waals surface area contributed by atoms with Crippen molar-refractivity contribution in [2.45, 2.75) is 70.9 Å². The number of hydrogen-bond acceptors (Lipinski definition) is 4. The normalized spacial score (nSPS) is 44.6. The molecule has 0 aromatic carbocycles. The van der Waals surface area contributed by atoms with Gasteiger partial charge in [-0.25, -0.2) is 0 Å². The summed E-state index contributed by atoms with van der Waals surface area (Å²) in [5, 5.41) is 0. The molecule has 4 nitrogen and oxygen atoms in total. The van der Waals surface area contributed by atoms with Gasteiger partial charge < -0.3 is 18.9 Å². The van der Waals surface area contributed by atoms with Crippen LogP contribution in [0.1, 0.15) is 59.3 Å². The standard InChI is InChI=1S/C25H34O4/c1-22-10-11-25(28-14-15-29-25)16-17(22)4-5-18-19-6-7-21(24(3)26-12-13-27-24)23(19,2)9-8-20(18)22/h4-6,20-21H,7-16H2,1-3H3/t20-,21+,22-,23+/m1/s1. The largest absolute Gasteiger partial charge is 0.347 e. The van der Waals surface area contributed by atoms with Gasteiger partial charge in [0.2, 0.25) is 0 Å². The Bertz CT molecular complexity index is 811. The van der Waals surface area contributed by atoms with Gasteiger partial charge >= 0.3 is 0 Å². The molecule has 4 fully saturated rings. The molecule has 158 valence electrons. The molecule has 2 saturated carbocycles. The molecule has 0 aromatic rings. The highest BCUT2D eigenvalue weighted by molar-refractivity contribution is 5.51. The van der Waals surface area contributed by atoms with Gasteiger partial charge in [0.25, 0.3) is 0 Å². The molecule has 0 amide bonds. The Morgan fingerprint density at radius 1 is 0.828 bits per heavy atom. The lowest BCUT2D eigenvalue weighted by Crippen LogP contribution is -2.50. The van der Waals surface area contributed by atoms with Crippen LogP contribution in [0, 0.1) is 22.7 Å². The van der Waals surface area contributed by atoms with Crippen molar-refractivity contribution in [2.75, 3.05) is 26.4 Å². The minimum atomic E-state index is -0.436. The number of rotatable bonds is 1. The molecule has 1 spiro atoms. The molecule has 6 aliphatic rings. The van der Waals surface area contributed by atoms with Crippen molar-refractivity contribution in [3.8, 4) is 0 Å². The van der Waals surface area contributed by atoms with Gasteiger partial charge in [-0.15, -0.1) is 0 Å². The predicted molar refractivity (Wildman–Crippen MR) is 110 cm³/mol. The Hall–Kier alpha value is -0.940. The second kappa shape index (κ2) is 6.06. The van der Waals surface area contributed by atoms with E-state index >= 15 is 0 Å². The molecule has 0 aromatic heterocycles. The van der Waals surface area contributed by atoms with Gasteiger partial charge in [0.05, 0.1) is 26.4 Å². The number of fused-ring (bicyclic) bond motifs is 5. The van der Waals surface area contributed by atoms with E-state index in [1.54, 1.807) is 11.1 Å². The minimum Gasteiger partial charge on any atom is -0.347 e. The van der Waals surface area contributed by atoms with Crippen molar-refractivity contribution in [1.82, 2.24) is 0 Å². The molecule has 0 N–H and O–H groups in total. The van der Waals surface area contributed by atoms with E-state index in [1.165, 1.54) is 18.4 Å². The van der Waals surface area contributed by atoms with Crippen LogP contribution in [0.2, 0.25) is 0 Å². The summed E-state index contributed by atoms with van der Waals surface area (Å²) in [5.74, 6) is 0.234. The van der Waals surface area contributed by atoms with Crippen LogP contribution >= 0.6 is 0 Å². The minimum absolute atomic E-state index is 0.149. The van der Waals surface area contributed by atoms with Gasteiger partial charge in [0.15, 0.2) is 11.6 Å². The highest BCUT2D eigenvalue weighted by Crippen LogP contribution is 2.65. The quantitative estimate of drug-likeness (QED) is 0.629. The lowest BCUT2D eigenvalue weighted by Gasteiger charge is -2.55. The van der Waals surface area contributed by atoms with Crippen LogP contribution in [-0.4, -0.2) is 38.0 Å². The zero-order valence-electron chi connectivity index (χ0n) is 18.1. The zero-order valence-corrected chi connectivity index (χ0v) is 18.1. The van der Waals surface area contributed by atoms with E-state index in [0.717, 1.165) is 52.1 Å². The summed E-state index contributed by atoms with van der Waals surface area (Å²) in [6, 6.07) is 0. The fourth-order valence-electron chi connectivity index (χ4n) is 7.62. The summed E-state index contributed by atoms with van der Waals surface area (Å²) in [6.45, 7) is 10.0. The molecule has 0 unspecified atom stereocenters. The van der Waals surface area contributed by atoms with E-state index in [9.17, 15) is 0 Å². The van der Waals surface area contributed by atoms with Gasteiger partial charge in [-0.1, -0.05) is 37.6 Å². The van der Waals surface area contributed by atoms with Crippen LogP contribution in [0.25, 0.3) is 0 Å². The molecule has 4 atom stereocenters. The van der Waals surface area contributed by atoms with E-state index in [1.807, 2.05) is 0 Å². The number of hydrogen-bond donors (Lipinski definition) is 0. The summed E-state index contributed by atoms with van der Waals surface area (Å²) in [4.78, 5) is 0. The monoisotopic (exact) mass is 398 g/mol. The Kier molecular flexibility index (Phi) is 3.93. The lowest BCUT2D eigenvalue weighted by atomic mass is 9.51. The molecule has 2 saturated heterocycles. The lowest BCUT2D eigenvalue weighted by molar-refractivity contribution is -0.202. The van der Waals surface area contributed by atoms with Crippen LogP contribution in [0.15, 0.2) is 34.9 Å². The molecular formula is C25H34O4. The van der Waals surface area contributed by atoms with Crippen molar-refractivity contribution in [2.24, 2.45) is 22.7 Å². The van der Waals surface area contributed by atoms with E-state index < -0.39 is 5.79 Å². The number of ether oxygens (including phenoxy) is 4. The summed E-state index contributed by atoms with van der Waals surface area (Å²) in [5.41, 5.74) is 5.07. The third kappa shape index (κ3) is 2.46. The van der Waals surface area contributed by atoms with Crippen LogP contribution in [0.5, 0.6) is 0 Å². The Morgan fingerprint density at radius 2 is 1.55 bits per heavy atom. The van der Waals surface area contributed by atoms with Gasteiger partial charge in [0.1, 0.15) is 0 Å². The summed E-state index contributed by atoms with van der Waals surface area (Å²) in [7, 11) is 0. The molecule has 2 heterocycles. The molecule has 4 aliphatic carbocycles. The molecule has 6 rings (SSSR count). The van der Waals surface area contributed by atoms with Crippen LogP contribution < -0.4 is 0 Å². The van der Waals surface area contributed by atoms with Gasteiger partial charge in [0, 0.05) is 24.2 Å². The first kappa shape index (κ1) is 18.8. The second-order valence-corrected chi connectivity index (χ2v) is 10.6. The highest BCUT2D eigenvalue weighted by Gasteiger charge is 2.59. The van der Waals surface area contributed by atoms with E-state index in [0.29, 0.717) is 11.8 Å². The molecule has 4 heteroatoms. The average Bonchev–Trinajstić information content (AvgIpc) is 3.42. The van der Waals surface area contributed by atoms with Crippen LogP contribution in [0.3, 0.4) is 0 Å². The third-order valence-electron chi connectivity index (χ3n) is 9.34. The van der Waals surface area contributed by atoms with Gasteiger partial charge in [-0.05, 0) is 55.1 Å². The summed E-state index contributed by atoms with van der Waals surface area (Å²) in [6.07, 6.45) is 14.0. The first-order valence-electron chi connectivity index (χ1n) is 11.6. The summed E-state index contributed by atoms with van der Waals surface area (Å²) >= 11 is 0. The fraction of sp³-hybridized carbons (Fsp3) is 0.760. The molecule has 0 bridgehead atoms. The molecule has 29 heavy (non-hydrogen) atoms. The summed E-state index contributed by atoms with van der Waals surface area (Å²) < 4.78 is 24.4. The Labute approximate surface area is 174 Å². The topological polar surface area (TPSA) is 36.9 Å². The second-order valence-electron chi connectivity index (χ2n) is 10.6. The van der Waals surface area contributed by atoms with E-state index in [-0.39, 0.29) is 16.6 Å². The zero-order chi connectivity index (χ0) is 19.9. The van der Waals surface area contributed by atoms with Crippen molar-refractivity contribution in [3.05, 3.63) is 34.9 Å². The molecule has 2 aliphatic heterocycles. The van der Waals surface area contributed by atoms with Crippen molar-refractivity contribution >= 4 is 0 Å². The van der Waals surface area contributed by atoms with E-state index in [4.69, 9.17) is 18.9 Å². The van der Waals surface area contributed by atoms with Crippen molar-refractivity contribution in [1.29, 1.82) is 0 Å². The predicted octanol–water partition coefficient (Wildman–Crippen LogP) is 4.91. The smallest absolute Gasteiger partial charge is 0.172 e. The first-order valence-corrected chi connectivity index (χ1v) is 11.6. The first-order chi connectivity index (χ1) is 13.9. The van der Waals surface area contributed by atoms with Gasteiger partial charge in [-0.3, -0.25) is 0 Å². The molecular weight excluding hydrogens is 364 g/mol. The average molecular weight is 399 g/mol. The maximum Gasteiger partial charge on any atom is 0.172 e. The van der Waals surface area contributed by atoms with Crippen molar-refractivity contribution in [3.63, 3.8) is 0 Å². The SMILES string of the molecule is CC1([C@H]2CC=C3C4=CC=C5CC6(CC[C@@]5(C)[C@@H]4CC[C@@]32C)OCCO6)OCCO1. The Morgan fingerprint density at radius 3 is 2.31 bits per heavy atom. The maximum absolute atomic E-state index is 6.12. The maximum atomic E-state index is 6.12. The van der Waals surface area contributed by atoms with E-state index in [2.05, 4.69) is 39.0 Å². The Balaban J connectivity index is 1.34. The molecule has 0 radical (unpaired) electrons. The fourth-order valence-corrected chi connectivity index (χ4v) is 7.62. The van der Waals surface area contributed by atoms with Crippen LogP contribution in [0.4, 0.5) is 0 Å². The number of allylic oxidation sites excluding steroid dienone is 5. The highest BCUT2D eigenvalue weighted by atomic mass is 16.7. The third-order valence-corrected chi connectivity index (χ3v) is 9.34. The van der Waals surface area contributed by atoms with Crippen LogP contribution in [-0.2, 0) is 18.9 Å².